The lowest BCUT2D eigenvalue weighted by molar-refractivity contribution is -0.231. The van der Waals surface area contributed by atoms with E-state index in [9.17, 15) is 44.1 Å². The Morgan fingerprint density at radius 2 is 1.47 bits per heavy atom. The standard InChI is InChI=1S/C21H22O15P2/c22-7-14-17(24)18(25)19(26)21(34-14)15-13(36-38(30,31)32)6-5-11-16(23)12(8-33-20(11)15)9-1-3-10(4-2-9)35-37(27,28)29/h1-6,8,14,17-19,21-22,24-26H,7H2,(H2,27,28,29)(H2,30,31,32)/t14-,17-,18+,19-,21+/m1/s1. The fourth-order valence-corrected chi connectivity index (χ4v) is 4.86. The highest BCUT2D eigenvalue weighted by molar-refractivity contribution is 7.47. The van der Waals surface area contributed by atoms with Crippen molar-refractivity contribution in [2.45, 2.75) is 30.5 Å². The van der Waals surface area contributed by atoms with Gasteiger partial charge in [0.2, 0.25) is 5.43 Å². The molecule has 2 aromatic carbocycles. The summed E-state index contributed by atoms with van der Waals surface area (Å²) in [5, 5.41) is 40.3. The van der Waals surface area contributed by atoms with E-state index in [2.05, 4.69) is 4.52 Å². The van der Waals surface area contributed by atoms with Crippen LogP contribution in [-0.2, 0) is 13.9 Å². The molecule has 1 aliphatic rings. The largest absolute Gasteiger partial charge is 0.524 e. The second kappa shape index (κ2) is 10.5. The van der Waals surface area contributed by atoms with Gasteiger partial charge in [-0.05, 0) is 29.8 Å². The molecule has 1 fully saturated rings. The van der Waals surface area contributed by atoms with Gasteiger partial charge in [0.25, 0.3) is 0 Å². The van der Waals surface area contributed by atoms with Crippen molar-refractivity contribution >= 4 is 26.6 Å². The lowest BCUT2D eigenvalue weighted by Crippen LogP contribution is -2.55. The Hall–Kier alpha value is -2.65. The highest BCUT2D eigenvalue weighted by atomic mass is 31.2. The molecule has 5 atom stereocenters. The normalized spacial score (nSPS) is 24.4. The van der Waals surface area contributed by atoms with E-state index in [1.54, 1.807) is 0 Å². The van der Waals surface area contributed by atoms with E-state index in [1.165, 1.54) is 24.3 Å². The number of benzene rings is 2. The summed E-state index contributed by atoms with van der Waals surface area (Å²) >= 11 is 0. The Labute approximate surface area is 212 Å². The minimum Gasteiger partial charge on any atom is -0.463 e. The van der Waals surface area contributed by atoms with Crippen LogP contribution in [0.2, 0.25) is 0 Å². The third-order valence-electron chi connectivity index (χ3n) is 5.72. The van der Waals surface area contributed by atoms with Crippen molar-refractivity contribution < 1.29 is 67.3 Å². The molecule has 0 aliphatic carbocycles. The molecule has 4 rings (SSSR count). The van der Waals surface area contributed by atoms with Crippen LogP contribution in [0.15, 0.2) is 51.9 Å². The minimum atomic E-state index is -5.19. The summed E-state index contributed by atoms with van der Waals surface area (Å²) in [6.07, 6.45) is -7.57. The predicted octanol–water partition coefficient (Wildman–Crippen LogP) is -0.0821. The smallest absolute Gasteiger partial charge is 0.463 e. The molecule has 0 unspecified atom stereocenters. The summed E-state index contributed by atoms with van der Waals surface area (Å²) in [5.41, 5.74) is -1.15. The molecular formula is C21H22O15P2. The highest BCUT2D eigenvalue weighted by Gasteiger charge is 2.46. The maximum absolute atomic E-state index is 13.3. The second-order valence-electron chi connectivity index (χ2n) is 8.27. The topological polar surface area (TPSA) is 254 Å². The number of aliphatic hydroxyl groups is 4. The number of rotatable bonds is 7. The van der Waals surface area contributed by atoms with Gasteiger partial charge in [-0.2, -0.15) is 0 Å². The van der Waals surface area contributed by atoms with Crippen molar-refractivity contribution in [1.29, 1.82) is 0 Å². The molecule has 0 spiro atoms. The van der Waals surface area contributed by atoms with E-state index in [-0.39, 0.29) is 33.4 Å². The molecule has 0 amide bonds. The van der Waals surface area contributed by atoms with E-state index >= 15 is 0 Å². The van der Waals surface area contributed by atoms with Gasteiger partial charge in [-0.1, -0.05) is 12.1 Å². The Morgan fingerprint density at radius 3 is 2.05 bits per heavy atom. The predicted molar refractivity (Wildman–Crippen MR) is 126 cm³/mol. The fraction of sp³-hybridized carbons (Fsp3) is 0.286. The lowest BCUT2D eigenvalue weighted by atomic mass is 9.89. The Bertz CT molecular complexity index is 1470. The minimum absolute atomic E-state index is 0.0244. The fourth-order valence-electron chi connectivity index (χ4n) is 4.05. The van der Waals surface area contributed by atoms with E-state index < -0.39 is 64.0 Å². The third kappa shape index (κ3) is 5.83. The molecule has 38 heavy (non-hydrogen) atoms. The van der Waals surface area contributed by atoms with E-state index in [0.717, 1.165) is 18.4 Å². The molecule has 0 saturated carbocycles. The van der Waals surface area contributed by atoms with Crippen LogP contribution in [-0.4, -0.2) is 71.0 Å². The van der Waals surface area contributed by atoms with Gasteiger partial charge < -0.3 is 38.6 Å². The number of phosphoric acid groups is 2. The van der Waals surface area contributed by atoms with Crippen LogP contribution in [0.5, 0.6) is 11.5 Å². The summed E-state index contributed by atoms with van der Waals surface area (Å²) in [6, 6.07) is 7.20. The molecule has 0 bridgehead atoms. The maximum atomic E-state index is 13.3. The Morgan fingerprint density at radius 1 is 0.842 bits per heavy atom. The van der Waals surface area contributed by atoms with Crippen LogP contribution >= 0.6 is 15.6 Å². The van der Waals surface area contributed by atoms with E-state index in [4.69, 9.17) is 23.5 Å². The van der Waals surface area contributed by atoms with Crippen molar-refractivity contribution in [1.82, 2.24) is 0 Å². The number of aliphatic hydroxyl groups excluding tert-OH is 4. The first kappa shape index (κ1) is 28.4. The first-order valence-electron chi connectivity index (χ1n) is 10.7. The average Bonchev–Trinajstić information content (AvgIpc) is 2.82. The van der Waals surface area contributed by atoms with Crippen molar-refractivity contribution in [2.75, 3.05) is 6.61 Å². The lowest BCUT2D eigenvalue weighted by Gasteiger charge is -2.40. The molecule has 1 aromatic heterocycles. The zero-order valence-corrected chi connectivity index (χ0v) is 20.8. The number of phosphoric ester groups is 2. The summed E-state index contributed by atoms with van der Waals surface area (Å²) in [5.74, 6) is -0.735. The summed E-state index contributed by atoms with van der Waals surface area (Å²) in [4.78, 5) is 49.9. The maximum Gasteiger partial charge on any atom is 0.524 e. The molecule has 15 nitrogen and oxygen atoms in total. The number of fused-ring (bicyclic) bond motifs is 1. The molecule has 3 aromatic rings. The van der Waals surface area contributed by atoms with Crippen LogP contribution in [0, 0.1) is 0 Å². The first-order chi connectivity index (χ1) is 17.7. The van der Waals surface area contributed by atoms with Crippen LogP contribution in [0.25, 0.3) is 22.1 Å². The average molecular weight is 576 g/mol. The van der Waals surface area contributed by atoms with Gasteiger partial charge >= 0.3 is 15.6 Å². The summed E-state index contributed by atoms with van der Waals surface area (Å²) in [6.45, 7) is -0.795. The molecule has 1 aliphatic heterocycles. The number of hydrogen-bond donors (Lipinski definition) is 8. The highest BCUT2D eigenvalue weighted by Crippen LogP contribution is 2.46. The first-order valence-corrected chi connectivity index (χ1v) is 13.8. The van der Waals surface area contributed by atoms with Crippen LogP contribution in [0.4, 0.5) is 0 Å². The zero-order valence-electron chi connectivity index (χ0n) is 19.0. The van der Waals surface area contributed by atoms with Gasteiger partial charge in [0, 0.05) is 0 Å². The molecular weight excluding hydrogens is 554 g/mol. The van der Waals surface area contributed by atoms with Crippen molar-refractivity contribution in [2.24, 2.45) is 0 Å². The van der Waals surface area contributed by atoms with Crippen molar-refractivity contribution in [3.63, 3.8) is 0 Å². The van der Waals surface area contributed by atoms with Gasteiger partial charge in [0.05, 0.1) is 23.1 Å². The Balaban J connectivity index is 1.86. The summed E-state index contributed by atoms with van der Waals surface area (Å²) < 4.78 is 42.9. The van der Waals surface area contributed by atoms with Crippen LogP contribution in [0.3, 0.4) is 0 Å². The second-order valence-corrected chi connectivity index (χ2v) is 10.6. The Kier molecular flexibility index (Phi) is 7.83. The molecule has 2 heterocycles. The zero-order chi connectivity index (χ0) is 28.0. The molecule has 8 N–H and O–H groups in total. The van der Waals surface area contributed by atoms with E-state index in [0.29, 0.717) is 0 Å². The van der Waals surface area contributed by atoms with Gasteiger partial charge in [0.15, 0.2) is 0 Å². The van der Waals surface area contributed by atoms with Gasteiger partial charge in [-0.15, -0.1) is 0 Å². The monoisotopic (exact) mass is 576 g/mol. The number of ether oxygens (including phenoxy) is 1. The van der Waals surface area contributed by atoms with Gasteiger partial charge in [-0.25, -0.2) is 9.13 Å². The van der Waals surface area contributed by atoms with Crippen molar-refractivity contribution in [3.8, 4) is 22.6 Å². The van der Waals surface area contributed by atoms with Gasteiger partial charge in [0.1, 0.15) is 53.9 Å². The molecule has 0 radical (unpaired) electrons. The van der Waals surface area contributed by atoms with Gasteiger partial charge in [-0.3, -0.25) is 24.4 Å². The molecule has 17 heteroatoms. The third-order valence-corrected chi connectivity index (χ3v) is 6.61. The SMILES string of the molecule is O=c1c(-c2ccc(OP(=O)(O)O)cc2)coc2c([C@@H]3O[C@H](CO)[C@@H](O)[C@H](O)[C@H]3O)c(OP(=O)(O)O)ccc12. The summed E-state index contributed by atoms with van der Waals surface area (Å²) in [7, 11) is -9.99. The van der Waals surface area contributed by atoms with E-state index in [1.807, 2.05) is 0 Å². The van der Waals surface area contributed by atoms with Crippen LogP contribution < -0.4 is 14.5 Å². The van der Waals surface area contributed by atoms with Crippen molar-refractivity contribution in [3.05, 3.63) is 58.4 Å². The molecule has 206 valence electrons. The van der Waals surface area contributed by atoms with Crippen LogP contribution in [0.1, 0.15) is 11.7 Å². The quantitative estimate of drug-likeness (QED) is 0.171. The molecule has 1 saturated heterocycles. The number of hydrogen-bond acceptors (Lipinski definition) is 11.